The fourth-order valence-corrected chi connectivity index (χ4v) is 7.76. The number of carbonyl (C=O) groups is 1. The number of amides is 1. The molecule has 3 aromatic carbocycles. The van der Waals surface area contributed by atoms with E-state index in [9.17, 15) is 18.3 Å². The zero-order valence-corrected chi connectivity index (χ0v) is 34.4. The third kappa shape index (κ3) is 11.6. The van der Waals surface area contributed by atoms with Gasteiger partial charge in [0.25, 0.3) is 10.1 Å². The molecule has 2 heterocycles. The van der Waals surface area contributed by atoms with Crippen LogP contribution in [-0.2, 0) is 51.9 Å². The monoisotopic (exact) mass is 798 g/mol. The van der Waals surface area contributed by atoms with Crippen LogP contribution in [0.25, 0.3) is 0 Å². The first-order chi connectivity index (χ1) is 26.7. The van der Waals surface area contributed by atoms with Gasteiger partial charge in [0.15, 0.2) is 0 Å². The summed E-state index contributed by atoms with van der Waals surface area (Å²) < 4.78 is 66.5. The summed E-state index contributed by atoms with van der Waals surface area (Å²) in [5, 5.41) is 12.8. The van der Waals surface area contributed by atoms with E-state index in [1.807, 2.05) is 45.9 Å². The molecule has 14 heteroatoms. The second kappa shape index (κ2) is 19.5. The number of aryl methyl sites for hydroxylation is 1. The van der Waals surface area contributed by atoms with Gasteiger partial charge < -0.3 is 43.3 Å². The Bertz CT molecular complexity index is 1850. The van der Waals surface area contributed by atoms with E-state index < -0.39 is 33.5 Å². The predicted octanol–water partition coefficient (Wildman–Crippen LogP) is 6.01. The van der Waals surface area contributed by atoms with Gasteiger partial charge in [-0.3, -0.25) is 4.18 Å². The van der Waals surface area contributed by atoms with Crippen molar-refractivity contribution >= 4 is 21.9 Å². The number of fused-ring (bicyclic) bond motifs is 1. The van der Waals surface area contributed by atoms with Crippen molar-refractivity contribution in [3.05, 3.63) is 82.9 Å². The fourth-order valence-electron chi connectivity index (χ4n) is 6.85. The number of nitrogens with zero attached hydrogens (tertiary/aromatic N) is 2. The largest absolute Gasteiger partial charge is 0.493 e. The highest BCUT2D eigenvalue weighted by molar-refractivity contribution is 7.86. The Balaban J connectivity index is 1.43. The molecule has 13 nitrogen and oxygen atoms in total. The quantitative estimate of drug-likeness (QED) is 0.119. The maximum atomic E-state index is 13.4. The molecule has 0 aromatic heterocycles. The van der Waals surface area contributed by atoms with Crippen molar-refractivity contribution in [3.8, 4) is 11.5 Å². The number of piperidine rings is 1. The molecule has 0 saturated carbocycles. The molecule has 0 unspecified atom stereocenters. The third-order valence-electron chi connectivity index (χ3n) is 9.77. The molecule has 2 atom stereocenters. The van der Waals surface area contributed by atoms with Crippen molar-refractivity contribution in [2.24, 2.45) is 0 Å². The Morgan fingerprint density at radius 3 is 2.43 bits per heavy atom. The van der Waals surface area contributed by atoms with Gasteiger partial charge in [0.2, 0.25) is 0 Å². The van der Waals surface area contributed by atoms with Crippen molar-refractivity contribution < 1.29 is 50.9 Å². The maximum absolute atomic E-state index is 13.4. The van der Waals surface area contributed by atoms with Crippen LogP contribution < -0.4 is 14.4 Å². The van der Waals surface area contributed by atoms with Gasteiger partial charge in [-0.25, -0.2) is 4.79 Å². The lowest BCUT2D eigenvalue weighted by atomic mass is 9.79. The molecule has 1 amide bonds. The molecule has 0 bridgehead atoms. The molecule has 5 rings (SSSR count). The Morgan fingerprint density at radius 1 is 0.946 bits per heavy atom. The number of hydrogen-bond acceptors (Lipinski definition) is 12. The van der Waals surface area contributed by atoms with E-state index in [1.165, 1.54) is 12.1 Å². The molecule has 3 aromatic rings. The second-order valence-electron chi connectivity index (χ2n) is 15.2. The van der Waals surface area contributed by atoms with Crippen LogP contribution in [0, 0.1) is 6.92 Å². The van der Waals surface area contributed by atoms with Gasteiger partial charge in [-0.1, -0.05) is 29.8 Å². The summed E-state index contributed by atoms with van der Waals surface area (Å²) in [5.41, 5.74) is 1.64. The Morgan fingerprint density at radius 2 is 1.70 bits per heavy atom. The minimum atomic E-state index is -4.04. The molecule has 1 N–H and O–H groups in total. The summed E-state index contributed by atoms with van der Waals surface area (Å²) in [6, 6.07) is 17.8. The van der Waals surface area contributed by atoms with Crippen molar-refractivity contribution in [3.63, 3.8) is 0 Å². The Labute approximate surface area is 331 Å². The molecule has 1 saturated heterocycles. The molecule has 0 radical (unpaired) electrons. The Kier molecular flexibility index (Phi) is 15.0. The number of carbonyl (C=O) groups excluding carboxylic acids is 1. The lowest BCUT2D eigenvalue weighted by molar-refractivity contribution is -0.155. The van der Waals surface area contributed by atoms with E-state index in [-0.39, 0.29) is 44.0 Å². The molecule has 0 spiro atoms. The summed E-state index contributed by atoms with van der Waals surface area (Å²) in [5.74, 6) is 1.35. The van der Waals surface area contributed by atoms with Crippen molar-refractivity contribution in [1.29, 1.82) is 0 Å². The number of likely N-dealkylation sites (tertiary alicyclic amines) is 1. The minimum Gasteiger partial charge on any atom is -0.493 e. The second-order valence-corrected chi connectivity index (χ2v) is 16.9. The summed E-state index contributed by atoms with van der Waals surface area (Å²) in [6.07, 6.45) is 0.426. The van der Waals surface area contributed by atoms with Gasteiger partial charge in [0, 0.05) is 53.4 Å². The highest BCUT2D eigenvalue weighted by Crippen LogP contribution is 2.40. The van der Waals surface area contributed by atoms with Gasteiger partial charge in [-0.2, -0.15) is 8.42 Å². The summed E-state index contributed by atoms with van der Waals surface area (Å²) in [6.45, 7) is 11.3. The van der Waals surface area contributed by atoms with E-state index in [1.54, 1.807) is 49.5 Å². The third-order valence-corrected chi connectivity index (χ3v) is 11.1. The van der Waals surface area contributed by atoms with Crippen LogP contribution in [0.1, 0.15) is 62.3 Å². The van der Waals surface area contributed by atoms with Crippen LogP contribution in [0.3, 0.4) is 0 Å². The van der Waals surface area contributed by atoms with E-state index in [2.05, 4.69) is 4.90 Å². The molecule has 2 aliphatic heterocycles. The molecule has 308 valence electrons. The number of ether oxygens (including phenoxy) is 6. The zero-order valence-electron chi connectivity index (χ0n) is 33.6. The average Bonchev–Trinajstić information content (AvgIpc) is 3.16. The van der Waals surface area contributed by atoms with Crippen molar-refractivity contribution in [1.82, 2.24) is 4.90 Å². The number of rotatable bonds is 18. The highest BCUT2D eigenvalue weighted by atomic mass is 32.2. The number of benzene rings is 3. The molecule has 0 aliphatic carbocycles. The number of anilines is 1. The van der Waals surface area contributed by atoms with Crippen LogP contribution in [0.15, 0.2) is 65.6 Å². The SMILES string of the molecule is COCCCOc1ccc([C@@]2(O)CCN(C(=O)OC(C)(C)C)C[C@@H]2OCc2ccc3c(c2)N(CCCOC)CCO3)c(CCOS(=O)(=O)c2ccc(C)cc2)c1. The molecule has 56 heavy (non-hydrogen) atoms. The van der Waals surface area contributed by atoms with Crippen LogP contribution in [0.2, 0.25) is 0 Å². The normalized spacial score (nSPS) is 18.7. The van der Waals surface area contributed by atoms with Gasteiger partial charge in [0.1, 0.15) is 35.4 Å². The molecular weight excluding hydrogens is 741 g/mol. The van der Waals surface area contributed by atoms with E-state index in [0.717, 1.165) is 42.1 Å². The first-order valence-electron chi connectivity index (χ1n) is 19.2. The number of hydrogen-bond donors (Lipinski definition) is 1. The Hall–Kier alpha value is -3.92. The summed E-state index contributed by atoms with van der Waals surface area (Å²) >= 11 is 0. The molecule has 1 fully saturated rings. The standard InChI is InChI=1S/C42H58N2O11S/c1-31-9-13-35(14-10-31)56(47,48)54-25-17-33-28-34(51-24-8-23-50-6)12-15-36(33)42(46)18-20-44(40(45)55-41(2,3)4)29-39(42)53-30-32-11-16-38-37(27-32)43(21-26-52-38)19-7-22-49-5/h9-16,27-28,39,46H,7-8,17-26,29-30H2,1-6H3/t39-,42-/m0/s1. The van der Waals surface area contributed by atoms with Crippen molar-refractivity contribution in [2.75, 3.05) is 78.3 Å². The van der Waals surface area contributed by atoms with E-state index >= 15 is 0 Å². The first kappa shape index (κ1) is 43.2. The maximum Gasteiger partial charge on any atom is 0.410 e. The summed E-state index contributed by atoms with van der Waals surface area (Å²) in [4.78, 5) is 17.3. The van der Waals surface area contributed by atoms with Crippen LogP contribution in [0.5, 0.6) is 11.5 Å². The lowest BCUT2D eigenvalue weighted by Gasteiger charge is -2.45. The van der Waals surface area contributed by atoms with Crippen molar-refractivity contribution in [2.45, 2.75) is 82.2 Å². The molecular formula is C42H58N2O11S. The van der Waals surface area contributed by atoms with Crippen LogP contribution >= 0.6 is 0 Å². The number of aliphatic hydroxyl groups is 1. The zero-order chi connectivity index (χ0) is 40.3. The molecule has 2 aliphatic rings. The van der Waals surface area contributed by atoms with Gasteiger partial charge in [-0.15, -0.1) is 0 Å². The van der Waals surface area contributed by atoms with Crippen LogP contribution in [0.4, 0.5) is 10.5 Å². The van der Waals surface area contributed by atoms with Crippen LogP contribution in [-0.4, -0.2) is 110 Å². The lowest BCUT2D eigenvalue weighted by Crippen LogP contribution is -2.57. The first-order valence-corrected chi connectivity index (χ1v) is 20.7. The number of methoxy groups -OCH3 is 2. The average molecular weight is 799 g/mol. The minimum absolute atomic E-state index is 0.0512. The topological polar surface area (TPSA) is 143 Å². The summed E-state index contributed by atoms with van der Waals surface area (Å²) in [7, 11) is -0.716. The fraction of sp³-hybridized carbons (Fsp3) is 0.548. The van der Waals surface area contributed by atoms with E-state index in [0.29, 0.717) is 49.7 Å². The predicted molar refractivity (Wildman–Crippen MR) is 212 cm³/mol. The van der Waals surface area contributed by atoms with Gasteiger partial charge in [0.05, 0.1) is 43.5 Å². The van der Waals surface area contributed by atoms with Gasteiger partial charge in [-0.05, 0) is 93.6 Å². The van der Waals surface area contributed by atoms with Gasteiger partial charge >= 0.3 is 6.09 Å². The van der Waals surface area contributed by atoms with E-state index in [4.69, 9.17) is 32.6 Å². The smallest absolute Gasteiger partial charge is 0.410 e. The highest BCUT2D eigenvalue weighted by Gasteiger charge is 2.47.